The molecule has 3 fully saturated rings. The molecule has 3 saturated heterocycles. The summed E-state index contributed by atoms with van der Waals surface area (Å²) in [6.45, 7) is 12.4. The van der Waals surface area contributed by atoms with Crippen LogP contribution in [-0.4, -0.2) is 119 Å². The van der Waals surface area contributed by atoms with E-state index in [4.69, 9.17) is 29.9 Å². The van der Waals surface area contributed by atoms with Gasteiger partial charge in [0.05, 0.1) is 48.3 Å². The molecule has 2 bridgehead atoms. The molecule has 0 radical (unpaired) electrons. The highest BCUT2D eigenvalue weighted by atomic mass is 16.5. The number of ether oxygens (including phenoxy) is 3. The van der Waals surface area contributed by atoms with Gasteiger partial charge in [0.25, 0.3) is 17.7 Å². The van der Waals surface area contributed by atoms with Gasteiger partial charge in [-0.1, -0.05) is 12.2 Å². The second kappa shape index (κ2) is 20.0. The average Bonchev–Trinajstić information content (AvgIpc) is 4.01. The van der Waals surface area contributed by atoms with Crippen LogP contribution in [-0.2, 0) is 30.9 Å². The summed E-state index contributed by atoms with van der Waals surface area (Å²) in [4.78, 5) is 66.4. The molecular weight excluding hydrogens is 871 g/mol. The first-order valence-electron chi connectivity index (χ1n) is 23.6. The normalized spacial score (nSPS) is 18.0. The SMILES string of the molecule is CCn1nc(C)cc1C(=O)Nc1nc2cc(C(N)=O)cc3c2n1C/C=C/Cn1c(NC(=O)c2cc(C)nn2CC)nc2cc(C(=O)NCCCCN4CC5CCCC4CO5)cc(c21)OCCCO3. The van der Waals surface area contributed by atoms with Crippen molar-refractivity contribution >= 4 is 57.6 Å². The second-order valence-corrected chi connectivity index (χ2v) is 17.5. The third-order valence-electron chi connectivity index (χ3n) is 12.7. The molecule has 5 N–H and O–H groups in total. The molecule has 10 rings (SSSR count). The minimum atomic E-state index is -0.663. The number of aryl methyl sites for hydroxylation is 4. The molecule has 4 aliphatic rings. The van der Waals surface area contributed by atoms with Crippen molar-refractivity contribution in [3.8, 4) is 11.5 Å². The van der Waals surface area contributed by atoms with Crippen LogP contribution >= 0.6 is 0 Å². The summed E-state index contributed by atoms with van der Waals surface area (Å²) >= 11 is 0. The number of nitrogens with two attached hydrogens (primary N) is 1. The predicted octanol–water partition coefficient (Wildman–Crippen LogP) is 5.22. The first-order chi connectivity index (χ1) is 33.0. The molecule has 0 spiro atoms. The number of hydrogen-bond acceptors (Lipinski definition) is 12. The van der Waals surface area contributed by atoms with Crippen molar-refractivity contribution in [1.29, 1.82) is 0 Å². The maximum Gasteiger partial charge on any atom is 0.276 e. The van der Waals surface area contributed by atoms with Crippen LogP contribution in [0.1, 0.15) is 105 Å². The zero-order valence-corrected chi connectivity index (χ0v) is 39.0. The van der Waals surface area contributed by atoms with Gasteiger partial charge in [-0.05, 0) is 103 Å². The number of hydrogen-bond donors (Lipinski definition) is 4. The van der Waals surface area contributed by atoms with Crippen LogP contribution in [0.25, 0.3) is 22.1 Å². The molecular formula is C48H59N13O7. The van der Waals surface area contributed by atoms with Gasteiger partial charge in [0.2, 0.25) is 17.8 Å². The Hall–Kier alpha value is -7.06. The summed E-state index contributed by atoms with van der Waals surface area (Å²) < 4.78 is 25.7. The fourth-order valence-corrected chi connectivity index (χ4v) is 9.41. The van der Waals surface area contributed by atoms with Crippen LogP contribution in [0.3, 0.4) is 0 Å². The molecule has 4 amide bonds. The molecule has 20 nitrogen and oxygen atoms in total. The predicted molar refractivity (Wildman–Crippen MR) is 254 cm³/mol. The minimum absolute atomic E-state index is 0.162. The molecule has 4 aromatic heterocycles. The number of unbranched alkanes of at least 4 members (excludes halogenated alkanes) is 1. The Bertz CT molecular complexity index is 2900. The van der Waals surface area contributed by atoms with E-state index in [0.717, 1.165) is 39.0 Å². The molecule has 6 aromatic rings. The van der Waals surface area contributed by atoms with E-state index in [9.17, 15) is 19.2 Å². The molecule has 0 aliphatic carbocycles. The zero-order valence-electron chi connectivity index (χ0n) is 39.0. The van der Waals surface area contributed by atoms with Gasteiger partial charge in [0, 0.05) is 62.9 Å². The number of anilines is 2. The highest BCUT2D eigenvalue weighted by Gasteiger charge is 2.32. The van der Waals surface area contributed by atoms with Gasteiger partial charge in [-0.15, -0.1) is 0 Å². The molecule has 358 valence electrons. The van der Waals surface area contributed by atoms with E-state index in [0.29, 0.717) is 100 Å². The van der Waals surface area contributed by atoms with E-state index in [1.54, 1.807) is 50.3 Å². The Morgan fingerprint density at radius 2 is 1.29 bits per heavy atom. The van der Waals surface area contributed by atoms with Crippen molar-refractivity contribution in [3.05, 3.63) is 82.5 Å². The smallest absolute Gasteiger partial charge is 0.276 e. The van der Waals surface area contributed by atoms with Crippen molar-refractivity contribution < 1.29 is 33.4 Å². The lowest BCUT2D eigenvalue weighted by Gasteiger charge is -2.36. The first-order valence-corrected chi connectivity index (χ1v) is 23.6. The fraction of sp³-hybridized carbons (Fsp3) is 0.458. The van der Waals surface area contributed by atoms with Crippen LogP contribution in [0.2, 0.25) is 0 Å². The number of aromatic nitrogens is 8. The first kappa shape index (κ1) is 46.1. The van der Waals surface area contributed by atoms with Gasteiger partial charge in [0.1, 0.15) is 33.9 Å². The molecule has 68 heavy (non-hydrogen) atoms. The Morgan fingerprint density at radius 3 is 1.87 bits per heavy atom. The van der Waals surface area contributed by atoms with Gasteiger partial charge in [-0.25, -0.2) is 9.97 Å². The molecule has 4 aliphatic heterocycles. The molecule has 0 saturated carbocycles. The van der Waals surface area contributed by atoms with Crippen molar-refractivity contribution in [2.24, 2.45) is 5.73 Å². The van der Waals surface area contributed by atoms with Gasteiger partial charge in [-0.3, -0.25) is 44.1 Å². The number of rotatable bonds is 13. The molecule has 8 heterocycles. The van der Waals surface area contributed by atoms with Crippen molar-refractivity contribution in [1.82, 2.24) is 48.9 Å². The summed E-state index contributed by atoms with van der Waals surface area (Å²) in [5.41, 5.74) is 10.4. The fourth-order valence-electron chi connectivity index (χ4n) is 9.41. The van der Waals surface area contributed by atoms with Crippen LogP contribution in [0, 0.1) is 13.8 Å². The van der Waals surface area contributed by atoms with Crippen molar-refractivity contribution in [2.45, 2.75) is 105 Å². The quantitative estimate of drug-likeness (QED) is 0.0863. The van der Waals surface area contributed by atoms with Crippen LogP contribution in [0.5, 0.6) is 11.5 Å². The maximum absolute atomic E-state index is 13.9. The standard InChI is InChI=1S/C48H59N13O7/c1-5-60-37(21-29(3)55-60)45(64)53-47-51-35-23-31(43(49)62)25-39-41(35)58(47)17-9-10-18-59-42-36(52-48(59)54-46(65)38-22-30(4)56-61(38)6-2)24-32(26-40(42)67-20-12-19-66-39)44(63)50-15-7-8-16-57-27-34-14-11-13-33(57)28-68-34/h9-10,21-26,33-34H,5-8,11-20,27-28H2,1-4H3,(H2,49,62)(H,50,63)(H,51,53,64)(H,52,54,65)/b10-9+. The number of amides is 4. The Balaban J connectivity index is 1.03. The van der Waals surface area contributed by atoms with Gasteiger partial charge in [-0.2, -0.15) is 10.2 Å². The Kier molecular flexibility index (Phi) is 13.6. The van der Waals surface area contributed by atoms with Crippen LogP contribution < -0.4 is 31.2 Å². The topological polar surface area (TPSA) is 233 Å². The van der Waals surface area contributed by atoms with Crippen LogP contribution in [0.4, 0.5) is 11.9 Å². The largest absolute Gasteiger partial charge is 0.491 e. The minimum Gasteiger partial charge on any atom is -0.491 e. The number of carbonyl (C=O) groups is 4. The number of nitrogens with zero attached hydrogens (tertiary/aromatic N) is 9. The molecule has 20 heteroatoms. The summed E-state index contributed by atoms with van der Waals surface area (Å²) in [6, 6.07) is 10.5. The van der Waals surface area contributed by atoms with E-state index in [1.165, 1.54) is 12.8 Å². The van der Waals surface area contributed by atoms with E-state index in [-0.39, 0.29) is 49.7 Å². The lowest BCUT2D eigenvalue weighted by Crippen LogP contribution is -2.47. The van der Waals surface area contributed by atoms with Gasteiger partial charge >= 0.3 is 0 Å². The lowest BCUT2D eigenvalue weighted by atomic mass is 10.1. The second-order valence-electron chi connectivity index (χ2n) is 17.5. The molecule has 2 unspecified atom stereocenters. The number of imidazole rings is 2. The lowest BCUT2D eigenvalue weighted by molar-refractivity contribution is -0.0500. The van der Waals surface area contributed by atoms with Gasteiger partial charge in [0.15, 0.2) is 0 Å². The van der Waals surface area contributed by atoms with E-state index < -0.39 is 17.7 Å². The molecule has 2 aromatic carbocycles. The maximum atomic E-state index is 13.9. The van der Waals surface area contributed by atoms with Crippen molar-refractivity contribution in [3.63, 3.8) is 0 Å². The number of allylic oxidation sites excluding steroid dienone is 2. The van der Waals surface area contributed by atoms with Gasteiger partial charge < -0.3 is 34.4 Å². The highest BCUT2D eigenvalue weighted by molar-refractivity contribution is 6.05. The third kappa shape index (κ3) is 9.68. The van der Waals surface area contributed by atoms with E-state index in [2.05, 4.69) is 31.0 Å². The monoisotopic (exact) mass is 929 g/mol. The third-order valence-corrected chi connectivity index (χ3v) is 12.7. The number of fused-ring (bicyclic) bond motifs is 4. The summed E-state index contributed by atoms with van der Waals surface area (Å²) in [5, 5.41) is 18.0. The highest BCUT2D eigenvalue weighted by Crippen LogP contribution is 2.34. The van der Waals surface area contributed by atoms with E-state index in [1.807, 2.05) is 44.4 Å². The molecule has 2 atom stereocenters. The average molecular weight is 930 g/mol. The number of benzene rings is 2. The number of morpholine rings is 1. The summed E-state index contributed by atoms with van der Waals surface area (Å²) in [6.07, 6.45) is 9.78. The zero-order chi connectivity index (χ0) is 47.5. The van der Waals surface area contributed by atoms with Crippen LogP contribution in [0.15, 0.2) is 48.6 Å². The number of nitrogens with one attached hydrogen (secondary N) is 3. The van der Waals surface area contributed by atoms with E-state index >= 15 is 0 Å². The number of primary amides is 1. The summed E-state index contributed by atoms with van der Waals surface area (Å²) in [5.74, 6) is -0.537. The summed E-state index contributed by atoms with van der Waals surface area (Å²) in [7, 11) is 0. The Labute approximate surface area is 393 Å². The number of carbonyl (C=O) groups excluding carboxylic acids is 4. The Morgan fingerprint density at radius 1 is 0.721 bits per heavy atom. The van der Waals surface area contributed by atoms with Crippen molar-refractivity contribution in [2.75, 3.05) is 50.1 Å².